The summed E-state index contributed by atoms with van der Waals surface area (Å²) in [5.41, 5.74) is 1.90. The van der Waals surface area contributed by atoms with Crippen molar-refractivity contribution < 1.29 is 23.8 Å². The van der Waals surface area contributed by atoms with Crippen LogP contribution in [-0.4, -0.2) is 41.2 Å². The van der Waals surface area contributed by atoms with Crippen LogP contribution in [0.1, 0.15) is 27.2 Å². The van der Waals surface area contributed by atoms with Crippen molar-refractivity contribution in [3.63, 3.8) is 0 Å². The van der Waals surface area contributed by atoms with Crippen molar-refractivity contribution in [3.05, 3.63) is 75.8 Å². The standard InChI is InChI=1S/C23H23ClFN3O4/c1-14-10-16(11-15(2)21(14)24)32-13-19-17(22(29)30)12-26-23(27-19)28(3)8-9-31-20-7-5-4-6-18(20)25/h4-7,10-12H,8-9,13H2,1-3H3,(H,29,30). The molecule has 0 saturated carbocycles. The van der Waals surface area contributed by atoms with Gasteiger partial charge in [-0.15, -0.1) is 0 Å². The van der Waals surface area contributed by atoms with Crippen LogP contribution in [0.15, 0.2) is 42.6 Å². The summed E-state index contributed by atoms with van der Waals surface area (Å²) in [5.74, 6) is -0.569. The smallest absolute Gasteiger partial charge is 0.339 e. The largest absolute Gasteiger partial charge is 0.489 e. The molecule has 0 atom stereocenters. The number of benzene rings is 2. The highest BCUT2D eigenvalue weighted by atomic mass is 35.5. The molecular formula is C23H23ClFN3O4. The van der Waals surface area contributed by atoms with E-state index in [1.807, 2.05) is 13.8 Å². The second kappa shape index (κ2) is 10.3. The summed E-state index contributed by atoms with van der Waals surface area (Å²) in [6.45, 7) is 4.22. The maximum atomic E-state index is 13.7. The highest BCUT2D eigenvalue weighted by molar-refractivity contribution is 6.32. The third kappa shape index (κ3) is 5.64. The summed E-state index contributed by atoms with van der Waals surface area (Å²) in [5, 5.41) is 10.1. The summed E-state index contributed by atoms with van der Waals surface area (Å²) < 4.78 is 24.9. The third-order valence-corrected chi connectivity index (χ3v) is 5.33. The van der Waals surface area contributed by atoms with Gasteiger partial charge in [-0.1, -0.05) is 23.7 Å². The van der Waals surface area contributed by atoms with Gasteiger partial charge in [0.05, 0.1) is 12.2 Å². The minimum Gasteiger partial charge on any atom is -0.489 e. The van der Waals surface area contributed by atoms with Crippen LogP contribution < -0.4 is 14.4 Å². The Balaban J connectivity index is 1.70. The number of nitrogens with zero attached hydrogens (tertiary/aromatic N) is 3. The average Bonchev–Trinajstić information content (AvgIpc) is 2.76. The topological polar surface area (TPSA) is 84.8 Å². The number of anilines is 1. The number of carboxylic acids is 1. The Hall–Kier alpha value is -3.39. The van der Waals surface area contributed by atoms with Crippen molar-refractivity contribution >= 4 is 23.5 Å². The van der Waals surface area contributed by atoms with Crippen molar-refractivity contribution in [3.8, 4) is 11.5 Å². The van der Waals surface area contributed by atoms with E-state index in [4.69, 9.17) is 21.1 Å². The summed E-state index contributed by atoms with van der Waals surface area (Å²) in [6.07, 6.45) is 1.25. The van der Waals surface area contributed by atoms with Crippen LogP contribution in [0.3, 0.4) is 0 Å². The molecule has 0 amide bonds. The molecule has 9 heteroatoms. The van der Waals surface area contributed by atoms with Crippen molar-refractivity contribution in [2.45, 2.75) is 20.5 Å². The molecule has 0 bridgehead atoms. The van der Waals surface area contributed by atoms with E-state index >= 15 is 0 Å². The Labute approximate surface area is 190 Å². The van der Waals surface area contributed by atoms with Crippen LogP contribution in [0.4, 0.5) is 10.3 Å². The molecule has 1 aromatic heterocycles. The minimum atomic E-state index is -1.15. The molecule has 32 heavy (non-hydrogen) atoms. The van der Waals surface area contributed by atoms with Gasteiger partial charge in [0.25, 0.3) is 0 Å². The number of hydrogen-bond acceptors (Lipinski definition) is 6. The van der Waals surface area contributed by atoms with Gasteiger partial charge < -0.3 is 19.5 Å². The number of aryl methyl sites for hydroxylation is 2. The van der Waals surface area contributed by atoms with Crippen LogP contribution in [-0.2, 0) is 6.61 Å². The molecule has 0 radical (unpaired) electrons. The van der Waals surface area contributed by atoms with E-state index < -0.39 is 11.8 Å². The average molecular weight is 460 g/mol. The number of aromatic nitrogens is 2. The van der Waals surface area contributed by atoms with Crippen molar-refractivity contribution in [1.82, 2.24) is 9.97 Å². The third-order valence-electron chi connectivity index (χ3n) is 4.73. The van der Waals surface area contributed by atoms with Crippen molar-refractivity contribution in [2.24, 2.45) is 0 Å². The lowest BCUT2D eigenvalue weighted by atomic mass is 10.1. The summed E-state index contributed by atoms with van der Waals surface area (Å²) in [4.78, 5) is 21.8. The molecule has 3 aromatic rings. The van der Waals surface area contributed by atoms with Gasteiger partial charge in [-0.25, -0.2) is 19.2 Å². The molecule has 3 rings (SSSR count). The van der Waals surface area contributed by atoms with E-state index in [2.05, 4.69) is 9.97 Å². The zero-order valence-electron chi connectivity index (χ0n) is 17.9. The van der Waals surface area contributed by atoms with E-state index in [-0.39, 0.29) is 30.2 Å². The van der Waals surface area contributed by atoms with Crippen molar-refractivity contribution in [1.29, 1.82) is 0 Å². The lowest BCUT2D eigenvalue weighted by molar-refractivity contribution is 0.0692. The fourth-order valence-electron chi connectivity index (χ4n) is 2.97. The molecule has 2 aromatic carbocycles. The lowest BCUT2D eigenvalue weighted by Crippen LogP contribution is -2.26. The molecule has 0 aliphatic carbocycles. The highest BCUT2D eigenvalue weighted by Gasteiger charge is 2.17. The number of hydrogen-bond donors (Lipinski definition) is 1. The molecule has 0 saturated heterocycles. The van der Waals surface area contributed by atoms with Gasteiger partial charge >= 0.3 is 5.97 Å². The van der Waals surface area contributed by atoms with Crippen molar-refractivity contribution in [2.75, 3.05) is 25.1 Å². The molecule has 0 fully saturated rings. The number of likely N-dealkylation sites (N-methyl/N-ethyl adjacent to an activating group) is 1. The molecule has 0 aliphatic rings. The Morgan fingerprint density at radius 1 is 1.19 bits per heavy atom. The van der Waals surface area contributed by atoms with Gasteiger partial charge in [-0.2, -0.15) is 0 Å². The van der Waals surface area contributed by atoms with Crippen LogP contribution in [0.25, 0.3) is 0 Å². The molecule has 1 heterocycles. The van der Waals surface area contributed by atoms with Gasteiger partial charge in [0.1, 0.15) is 24.5 Å². The molecular weight excluding hydrogens is 437 g/mol. The molecule has 1 N–H and O–H groups in total. The predicted octanol–water partition coefficient (Wildman–Crippen LogP) is 4.68. The van der Waals surface area contributed by atoms with E-state index in [0.29, 0.717) is 23.3 Å². The summed E-state index contributed by atoms with van der Waals surface area (Å²) in [7, 11) is 1.73. The predicted molar refractivity (Wildman–Crippen MR) is 119 cm³/mol. The zero-order valence-corrected chi connectivity index (χ0v) is 18.7. The first-order chi connectivity index (χ1) is 15.3. The maximum absolute atomic E-state index is 13.7. The number of ether oxygens (including phenoxy) is 2. The van der Waals surface area contributed by atoms with Gasteiger partial charge in [-0.05, 0) is 49.2 Å². The Morgan fingerprint density at radius 3 is 2.53 bits per heavy atom. The number of halogens is 2. The Kier molecular flexibility index (Phi) is 7.48. The van der Waals surface area contributed by atoms with E-state index in [9.17, 15) is 14.3 Å². The normalized spacial score (nSPS) is 10.7. The van der Waals surface area contributed by atoms with Gasteiger partial charge in [-0.3, -0.25) is 0 Å². The molecule has 168 valence electrons. The van der Waals surface area contributed by atoms with Gasteiger partial charge in [0.2, 0.25) is 5.95 Å². The lowest BCUT2D eigenvalue weighted by Gasteiger charge is -2.19. The number of aromatic carboxylic acids is 1. The fourth-order valence-corrected chi connectivity index (χ4v) is 3.08. The molecule has 7 nitrogen and oxygen atoms in total. The monoisotopic (exact) mass is 459 g/mol. The second-order valence-electron chi connectivity index (χ2n) is 7.20. The van der Waals surface area contributed by atoms with E-state index in [0.717, 1.165) is 11.1 Å². The SMILES string of the molecule is Cc1cc(OCc2nc(N(C)CCOc3ccccc3F)ncc2C(=O)O)cc(C)c1Cl. The Bertz CT molecular complexity index is 1100. The first kappa shape index (κ1) is 23.3. The number of rotatable bonds is 9. The minimum absolute atomic E-state index is 0.0489. The fraction of sp³-hybridized carbons (Fsp3) is 0.261. The highest BCUT2D eigenvalue weighted by Crippen LogP contribution is 2.26. The first-order valence-electron chi connectivity index (χ1n) is 9.83. The van der Waals surface area contributed by atoms with Crippen LogP contribution >= 0.6 is 11.6 Å². The summed E-state index contributed by atoms with van der Waals surface area (Å²) in [6, 6.07) is 9.70. The Morgan fingerprint density at radius 2 is 1.88 bits per heavy atom. The van der Waals surface area contributed by atoms with Crippen LogP contribution in [0, 0.1) is 19.7 Å². The molecule has 0 aliphatic heterocycles. The molecule has 0 spiro atoms. The van der Waals surface area contributed by atoms with E-state index in [1.165, 1.54) is 12.3 Å². The van der Waals surface area contributed by atoms with E-state index in [1.54, 1.807) is 42.3 Å². The van der Waals surface area contributed by atoms with Crippen LogP contribution in [0.2, 0.25) is 5.02 Å². The quantitative estimate of drug-likeness (QED) is 0.497. The number of carboxylic acid groups (broad SMARTS) is 1. The zero-order chi connectivity index (χ0) is 23.3. The molecule has 0 unspecified atom stereocenters. The van der Waals surface area contributed by atoms with Gasteiger partial charge in [0.15, 0.2) is 11.6 Å². The van der Waals surface area contributed by atoms with Gasteiger partial charge in [0, 0.05) is 18.3 Å². The number of carbonyl (C=O) groups is 1. The summed E-state index contributed by atoms with van der Waals surface area (Å²) >= 11 is 6.19. The maximum Gasteiger partial charge on any atom is 0.339 e. The first-order valence-corrected chi connectivity index (χ1v) is 10.2. The number of para-hydroxylation sites is 1. The van der Waals surface area contributed by atoms with Crippen LogP contribution in [0.5, 0.6) is 11.5 Å². The second-order valence-corrected chi connectivity index (χ2v) is 7.57.